The first-order valence-corrected chi connectivity index (χ1v) is 9.35. The van der Waals surface area contributed by atoms with Gasteiger partial charge in [0.15, 0.2) is 0 Å². The third kappa shape index (κ3) is 3.76. The quantitative estimate of drug-likeness (QED) is 0.396. The molecule has 4 rings (SSSR count). The van der Waals surface area contributed by atoms with E-state index in [-0.39, 0.29) is 38.9 Å². The number of nitrogens with one attached hydrogen (secondary N) is 1. The summed E-state index contributed by atoms with van der Waals surface area (Å²) in [5, 5.41) is 2.79. The number of benzene rings is 2. The first-order valence-electron chi connectivity index (χ1n) is 8.60. The van der Waals surface area contributed by atoms with Gasteiger partial charge in [-0.2, -0.15) is 13.2 Å². The van der Waals surface area contributed by atoms with E-state index in [1.54, 1.807) is 18.2 Å². The molecule has 0 saturated carbocycles. The van der Waals surface area contributed by atoms with Crippen molar-refractivity contribution in [2.75, 3.05) is 5.32 Å². The van der Waals surface area contributed by atoms with Crippen LogP contribution in [0.5, 0.6) is 0 Å². The van der Waals surface area contributed by atoms with Crippen molar-refractivity contribution in [1.29, 1.82) is 0 Å². The number of rotatable bonds is 4. The van der Waals surface area contributed by atoms with Crippen molar-refractivity contribution in [3.8, 4) is 0 Å². The fraction of sp³-hybridized carbons (Fsp3) is 0.100. The molecule has 0 unspecified atom stereocenters. The monoisotopic (exact) mass is 453 g/mol. The normalized spacial score (nSPS) is 11.8. The van der Waals surface area contributed by atoms with Crippen LogP contribution in [0, 0.1) is 0 Å². The fourth-order valence-electron chi connectivity index (χ4n) is 3.08. The Bertz CT molecular complexity index is 1210. The lowest BCUT2D eigenvalue weighted by atomic mass is 10.2. The summed E-state index contributed by atoms with van der Waals surface area (Å²) in [4.78, 5) is 16.5. The van der Waals surface area contributed by atoms with Crippen LogP contribution in [0.2, 0.25) is 10.0 Å². The average molecular weight is 454 g/mol. The summed E-state index contributed by atoms with van der Waals surface area (Å²) in [6.07, 6.45) is -3.33. The molecule has 0 fully saturated rings. The van der Waals surface area contributed by atoms with Crippen LogP contribution in [-0.2, 0) is 12.7 Å². The molecule has 10 heteroatoms. The molecule has 30 heavy (non-hydrogen) atoms. The van der Waals surface area contributed by atoms with Gasteiger partial charge in [-0.3, -0.25) is 4.79 Å². The number of alkyl halides is 3. The van der Waals surface area contributed by atoms with Crippen LogP contribution in [0.3, 0.4) is 0 Å². The average Bonchev–Trinajstić information content (AvgIpc) is 3.30. The van der Waals surface area contributed by atoms with E-state index >= 15 is 0 Å². The number of aromatic nitrogens is 2. The number of carbonyl (C=O) groups excluding carboxylic acids is 1. The van der Waals surface area contributed by atoms with Gasteiger partial charge in [0.25, 0.3) is 5.91 Å². The molecule has 0 aliphatic rings. The summed E-state index contributed by atoms with van der Waals surface area (Å²) in [6.45, 7) is -0.175. The minimum atomic E-state index is -4.71. The Hall–Kier alpha value is -2.97. The topological polar surface area (TPSA) is 60.1 Å². The van der Waals surface area contributed by atoms with E-state index in [4.69, 9.17) is 27.6 Å². The zero-order valence-corrected chi connectivity index (χ0v) is 16.5. The third-order valence-corrected chi connectivity index (χ3v) is 4.99. The standard InChI is InChI=1S/C20H12Cl2F3N3O2/c21-12-5-1-6-13(22)16(12)18(29)26-14-7-2-8-15-17(14)27-19(20(23,24)25)28(15)10-11-4-3-9-30-11/h1-9H,10H2,(H,26,29). The lowest BCUT2D eigenvalue weighted by Gasteiger charge is -2.10. The molecule has 2 heterocycles. The van der Waals surface area contributed by atoms with E-state index in [0.717, 1.165) is 4.57 Å². The second-order valence-electron chi connectivity index (χ2n) is 6.32. The van der Waals surface area contributed by atoms with Crippen LogP contribution < -0.4 is 5.32 Å². The maximum Gasteiger partial charge on any atom is 0.449 e. The molecule has 4 aromatic rings. The van der Waals surface area contributed by atoms with Gasteiger partial charge in [-0.15, -0.1) is 0 Å². The van der Waals surface area contributed by atoms with Crippen LogP contribution in [0.1, 0.15) is 21.9 Å². The molecule has 5 nitrogen and oxygen atoms in total. The van der Waals surface area contributed by atoms with Crippen LogP contribution in [0.4, 0.5) is 18.9 Å². The highest BCUT2D eigenvalue weighted by Gasteiger charge is 2.38. The summed E-state index contributed by atoms with van der Waals surface area (Å²) in [5.74, 6) is -1.43. The Kier molecular flexibility index (Phi) is 5.21. The summed E-state index contributed by atoms with van der Waals surface area (Å²) < 4.78 is 47.1. The number of imidazole rings is 1. The number of amides is 1. The summed E-state index contributed by atoms with van der Waals surface area (Å²) >= 11 is 12.1. The van der Waals surface area contributed by atoms with E-state index in [1.807, 2.05) is 0 Å². The van der Waals surface area contributed by atoms with Gasteiger partial charge in [0.1, 0.15) is 11.3 Å². The lowest BCUT2D eigenvalue weighted by Crippen LogP contribution is -2.15. The van der Waals surface area contributed by atoms with Crippen molar-refractivity contribution >= 4 is 45.8 Å². The fourth-order valence-corrected chi connectivity index (χ4v) is 3.65. The van der Waals surface area contributed by atoms with E-state index in [1.165, 1.54) is 36.6 Å². The number of carbonyl (C=O) groups is 1. The minimum absolute atomic E-state index is 0.0175. The number of hydrogen-bond acceptors (Lipinski definition) is 3. The van der Waals surface area contributed by atoms with E-state index < -0.39 is 17.9 Å². The number of nitrogens with zero attached hydrogens (tertiary/aromatic N) is 2. The van der Waals surface area contributed by atoms with Crippen LogP contribution in [-0.4, -0.2) is 15.5 Å². The Morgan fingerprint density at radius 3 is 2.40 bits per heavy atom. The van der Waals surface area contributed by atoms with Gasteiger partial charge in [0.05, 0.1) is 39.6 Å². The predicted molar refractivity (Wildman–Crippen MR) is 107 cm³/mol. The molecule has 0 spiro atoms. The molecular weight excluding hydrogens is 442 g/mol. The highest BCUT2D eigenvalue weighted by atomic mass is 35.5. The lowest BCUT2D eigenvalue weighted by molar-refractivity contribution is -0.146. The third-order valence-electron chi connectivity index (χ3n) is 4.36. The molecule has 0 saturated heterocycles. The van der Waals surface area contributed by atoms with Gasteiger partial charge in [-0.1, -0.05) is 35.3 Å². The van der Waals surface area contributed by atoms with E-state index in [0.29, 0.717) is 5.76 Å². The van der Waals surface area contributed by atoms with Crippen molar-refractivity contribution in [3.05, 3.63) is 82.0 Å². The van der Waals surface area contributed by atoms with Gasteiger partial charge >= 0.3 is 6.18 Å². The van der Waals surface area contributed by atoms with Crippen LogP contribution in [0.15, 0.2) is 59.2 Å². The maximum absolute atomic E-state index is 13.6. The molecule has 0 aliphatic carbocycles. The number of anilines is 1. The molecular formula is C20H12Cl2F3N3O2. The molecule has 1 N–H and O–H groups in total. The van der Waals surface area contributed by atoms with Gasteiger partial charge < -0.3 is 14.3 Å². The predicted octanol–water partition coefficient (Wildman–Crippen LogP) is 6.26. The number of halogens is 5. The second kappa shape index (κ2) is 7.70. The number of para-hydroxylation sites is 1. The maximum atomic E-state index is 13.6. The summed E-state index contributed by atoms with van der Waals surface area (Å²) in [7, 11) is 0. The van der Waals surface area contributed by atoms with Gasteiger partial charge in [-0.05, 0) is 36.4 Å². The van der Waals surface area contributed by atoms with Crippen LogP contribution in [0.25, 0.3) is 11.0 Å². The number of furan rings is 1. The van der Waals surface area contributed by atoms with Crippen molar-refractivity contribution in [2.45, 2.75) is 12.7 Å². The van der Waals surface area contributed by atoms with Gasteiger partial charge in [0, 0.05) is 0 Å². The minimum Gasteiger partial charge on any atom is -0.467 e. The number of fused-ring (bicyclic) bond motifs is 1. The van der Waals surface area contributed by atoms with E-state index in [9.17, 15) is 18.0 Å². The van der Waals surface area contributed by atoms with Crippen molar-refractivity contribution in [1.82, 2.24) is 9.55 Å². The first-order chi connectivity index (χ1) is 14.3. The SMILES string of the molecule is O=C(Nc1cccc2c1nc(C(F)(F)F)n2Cc1ccco1)c1c(Cl)cccc1Cl. The van der Waals surface area contributed by atoms with Crippen molar-refractivity contribution in [3.63, 3.8) is 0 Å². The van der Waals surface area contributed by atoms with Gasteiger partial charge in [0.2, 0.25) is 5.82 Å². The van der Waals surface area contributed by atoms with Gasteiger partial charge in [-0.25, -0.2) is 4.98 Å². The summed E-state index contributed by atoms with van der Waals surface area (Å²) in [6, 6.07) is 12.2. The largest absolute Gasteiger partial charge is 0.467 e. The molecule has 2 aromatic carbocycles. The zero-order chi connectivity index (χ0) is 21.5. The highest BCUT2D eigenvalue weighted by Crippen LogP contribution is 2.35. The van der Waals surface area contributed by atoms with Crippen LogP contribution >= 0.6 is 23.2 Å². The zero-order valence-electron chi connectivity index (χ0n) is 15.0. The Morgan fingerprint density at radius 1 is 1.07 bits per heavy atom. The highest BCUT2D eigenvalue weighted by molar-refractivity contribution is 6.40. The molecule has 0 aliphatic heterocycles. The Morgan fingerprint density at radius 2 is 1.77 bits per heavy atom. The number of hydrogen-bond donors (Lipinski definition) is 1. The molecule has 2 aromatic heterocycles. The molecule has 0 radical (unpaired) electrons. The molecule has 0 bridgehead atoms. The first kappa shape index (κ1) is 20.3. The summed E-state index contributed by atoms with van der Waals surface area (Å²) in [5.41, 5.74) is 0.274. The molecule has 0 atom stereocenters. The van der Waals surface area contributed by atoms with Crippen molar-refractivity contribution in [2.24, 2.45) is 0 Å². The Labute approximate surface area is 178 Å². The smallest absolute Gasteiger partial charge is 0.449 e. The second-order valence-corrected chi connectivity index (χ2v) is 7.14. The Balaban J connectivity index is 1.80. The van der Waals surface area contributed by atoms with E-state index in [2.05, 4.69) is 10.3 Å². The molecule has 1 amide bonds. The van der Waals surface area contributed by atoms with Crippen molar-refractivity contribution < 1.29 is 22.4 Å². The molecule has 154 valence electrons.